The second-order valence-electron chi connectivity index (χ2n) is 6.43. The number of furan rings is 1. The standard InChI is InChI=1S/C19H19N3O6/c1-11-15(19(26)27)9-12(28-11)10-21(2)16(23)7-8-22-18(25)14-6-4-3-5-13(14)17(24)20-22/h3-6,9H,7-8,10H2,1-2H3,(H,20,24)(H,26,27). The van der Waals surface area contributed by atoms with E-state index in [1.807, 2.05) is 0 Å². The summed E-state index contributed by atoms with van der Waals surface area (Å²) in [6.07, 6.45) is -0.0177. The maximum absolute atomic E-state index is 12.5. The molecule has 0 saturated carbocycles. The molecule has 9 heteroatoms. The van der Waals surface area contributed by atoms with Gasteiger partial charge in [0.2, 0.25) is 5.91 Å². The Morgan fingerprint density at radius 2 is 1.89 bits per heavy atom. The fourth-order valence-electron chi connectivity index (χ4n) is 2.96. The van der Waals surface area contributed by atoms with Gasteiger partial charge in [0.1, 0.15) is 17.1 Å². The largest absolute Gasteiger partial charge is 0.478 e. The summed E-state index contributed by atoms with van der Waals surface area (Å²) in [4.78, 5) is 49.3. The molecular formula is C19H19N3O6. The number of H-pyrrole nitrogens is 1. The quantitative estimate of drug-likeness (QED) is 0.659. The van der Waals surface area contributed by atoms with Gasteiger partial charge in [-0.1, -0.05) is 12.1 Å². The lowest BCUT2D eigenvalue weighted by Gasteiger charge is -2.16. The fourth-order valence-corrected chi connectivity index (χ4v) is 2.96. The van der Waals surface area contributed by atoms with Gasteiger partial charge in [0.25, 0.3) is 11.1 Å². The number of carbonyl (C=O) groups is 2. The first kappa shape index (κ1) is 19.2. The maximum Gasteiger partial charge on any atom is 0.339 e. The van der Waals surface area contributed by atoms with Crippen molar-refractivity contribution in [1.82, 2.24) is 14.7 Å². The van der Waals surface area contributed by atoms with E-state index in [0.29, 0.717) is 16.5 Å². The zero-order valence-electron chi connectivity index (χ0n) is 15.4. The Morgan fingerprint density at radius 3 is 2.54 bits per heavy atom. The molecule has 2 N–H and O–H groups in total. The number of benzene rings is 1. The van der Waals surface area contributed by atoms with Gasteiger partial charge >= 0.3 is 5.97 Å². The lowest BCUT2D eigenvalue weighted by molar-refractivity contribution is -0.130. The zero-order chi connectivity index (χ0) is 20.4. The van der Waals surface area contributed by atoms with Crippen molar-refractivity contribution < 1.29 is 19.1 Å². The van der Waals surface area contributed by atoms with Crippen molar-refractivity contribution in [2.45, 2.75) is 26.4 Å². The number of fused-ring (bicyclic) bond motifs is 1. The molecule has 0 atom stereocenters. The molecule has 0 radical (unpaired) electrons. The summed E-state index contributed by atoms with van der Waals surface area (Å²) in [6.45, 7) is 1.65. The van der Waals surface area contributed by atoms with Crippen molar-refractivity contribution in [3.8, 4) is 0 Å². The van der Waals surface area contributed by atoms with E-state index in [9.17, 15) is 19.2 Å². The molecule has 0 bridgehead atoms. The second-order valence-corrected chi connectivity index (χ2v) is 6.43. The first-order chi connectivity index (χ1) is 13.3. The minimum absolute atomic E-state index is 0.0135. The number of carboxylic acid groups (broad SMARTS) is 1. The first-order valence-electron chi connectivity index (χ1n) is 8.56. The number of nitrogens with one attached hydrogen (secondary N) is 1. The number of nitrogens with zero attached hydrogens (tertiary/aromatic N) is 2. The number of rotatable bonds is 6. The summed E-state index contributed by atoms with van der Waals surface area (Å²) in [6, 6.07) is 7.86. The van der Waals surface area contributed by atoms with Crippen molar-refractivity contribution in [2.75, 3.05) is 7.05 Å². The molecule has 3 rings (SSSR count). The van der Waals surface area contributed by atoms with Gasteiger partial charge in [-0.2, -0.15) is 0 Å². The highest BCUT2D eigenvalue weighted by atomic mass is 16.4. The third-order valence-electron chi connectivity index (χ3n) is 4.45. The van der Waals surface area contributed by atoms with Crippen LogP contribution >= 0.6 is 0 Å². The number of aromatic carboxylic acids is 1. The molecule has 146 valence electrons. The molecular weight excluding hydrogens is 366 g/mol. The van der Waals surface area contributed by atoms with Gasteiger partial charge in [-0.05, 0) is 25.1 Å². The lowest BCUT2D eigenvalue weighted by atomic mass is 10.2. The number of carboxylic acids is 1. The van der Waals surface area contributed by atoms with Gasteiger partial charge < -0.3 is 14.4 Å². The smallest absolute Gasteiger partial charge is 0.339 e. The molecule has 0 unspecified atom stereocenters. The molecule has 0 aliphatic carbocycles. The fraction of sp³-hybridized carbons (Fsp3) is 0.263. The second kappa shape index (κ2) is 7.55. The molecule has 9 nitrogen and oxygen atoms in total. The highest BCUT2D eigenvalue weighted by Gasteiger charge is 2.17. The van der Waals surface area contributed by atoms with Crippen LogP contribution in [0.15, 0.2) is 44.3 Å². The van der Waals surface area contributed by atoms with E-state index in [2.05, 4.69) is 5.10 Å². The normalized spacial score (nSPS) is 10.9. The van der Waals surface area contributed by atoms with Crippen molar-refractivity contribution in [3.63, 3.8) is 0 Å². The predicted octanol–water partition coefficient (Wildman–Crippen LogP) is 1.34. The summed E-state index contributed by atoms with van der Waals surface area (Å²) in [5, 5.41) is 12.1. The number of hydrogen-bond acceptors (Lipinski definition) is 5. The third-order valence-corrected chi connectivity index (χ3v) is 4.45. The van der Waals surface area contributed by atoms with E-state index in [1.54, 1.807) is 31.3 Å². The van der Waals surface area contributed by atoms with E-state index < -0.39 is 11.5 Å². The highest BCUT2D eigenvalue weighted by Crippen LogP contribution is 2.16. The van der Waals surface area contributed by atoms with Crippen LogP contribution in [-0.4, -0.2) is 38.7 Å². The number of aromatic nitrogens is 2. The van der Waals surface area contributed by atoms with Crippen LogP contribution in [0.2, 0.25) is 0 Å². The van der Waals surface area contributed by atoms with E-state index in [1.165, 1.54) is 17.9 Å². The molecule has 3 aromatic rings. The topological polar surface area (TPSA) is 126 Å². The average molecular weight is 385 g/mol. The van der Waals surface area contributed by atoms with Gasteiger partial charge in [0, 0.05) is 13.5 Å². The van der Waals surface area contributed by atoms with Crippen LogP contribution in [-0.2, 0) is 17.9 Å². The Hall–Kier alpha value is -3.62. The molecule has 2 aromatic heterocycles. The summed E-state index contributed by atoms with van der Waals surface area (Å²) < 4.78 is 6.49. The number of hydrogen-bond donors (Lipinski definition) is 2. The van der Waals surface area contributed by atoms with Gasteiger partial charge in [0.05, 0.1) is 23.9 Å². The lowest BCUT2D eigenvalue weighted by Crippen LogP contribution is -2.33. The van der Waals surface area contributed by atoms with Crippen molar-refractivity contribution in [2.24, 2.45) is 0 Å². The van der Waals surface area contributed by atoms with Gasteiger partial charge in [0.15, 0.2) is 0 Å². The van der Waals surface area contributed by atoms with Crippen LogP contribution in [0.3, 0.4) is 0 Å². The van der Waals surface area contributed by atoms with Crippen molar-refractivity contribution in [1.29, 1.82) is 0 Å². The molecule has 28 heavy (non-hydrogen) atoms. The molecule has 0 aliphatic rings. The van der Waals surface area contributed by atoms with Crippen LogP contribution in [0.4, 0.5) is 0 Å². The highest BCUT2D eigenvalue weighted by molar-refractivity contribution is 5.88. The van der Waals surface area contributed by atoms with Crippen LogP contribution in [0, 0.1) is 6.92 Å². The Bertz CT molecular complexity index is 1170. The Kier molecular flexibility index (Phi) is 5.16. The van der Waals surface area contributed by atoms with Gasteiger partial charge in [-0.3, -0.25) is 19.5 Å². The van der Waals surface area contributed by atoms with E-state index in [-0.39, 0.29) is 42.3 Å². The minimum Gasteiger partial charge on any atom is -0.478 e. The number of carbonyl (C=O) groups excluding carboxylic acids is 1. The zero-order valence-corrected chi connectivity index (χ0v) is 15.4. The maximum atomic E-state index is 12.5. The first-order valence-corrected chi connectivity index (χ1v) is 8.56. The van der Waals surface area contributed by atoms with Crippen LogP contribution in [0.25, 0.3) is 10.8 Å². The molecule has 2 heterocycles. The van der Waals surface area contributed by atoms with Crippen molar-refractivity contribution in [3.05, 3.63) is 68.1 Å². The van der Waals surface area contributed by atoms with Crippen LogP contribution in [0.5, 0.6) is 0 Å². The average Bonchev–Trinajstić information content (AvgIpc) is 3.03. The summed E-state index contributed by atoms with van der Waals surface area (Å²) in [7, 11) is 1.55. The third kappa shape index (κ3) is 3.73. The Balaban J connectivity index is 1.70. The Morgan fingerprint density at radius 1 is 1.21 bits per heavy atom. The minimum atomic E-state index is -1.10. The molecule has 1 aromatic carbocycles. The molecule has 1 amide bonds. The van der Waals surface area contributed by atoms with Crippen LogP contribution in [0.1, 0.15) is 28.3 Å². The number of aryl methyl sites for hydroxylation is 2. The summed E-state index contributed by atoms with van der Waals surface area (Å²) >= 11 is 0. The number of amides is 1. The summed E-state index contributed by atoms with van der Waals surface area (Å²) in [5.41, 5.74) is -0.724. The number of aromatic amines is 1. The SMILES string of the molecule is Cc1oc(CN(C)C(=O)CCn2[nH]c(=O)c3ccccc3c2=O)cc1C(=O)O. The van der Waals surface area contributed by atoms with Gasteiger partial charge in [-0.15, -0.1) is 0 Å². The van der Waals surface area contributed by atoms with E-state index in [0.717, 1.165) is 4.68 Å². The molecule has 0 aliphatic heterocycles. The van der Waals surface area contributed by atoms with Crippen molar-refractivity contribution >= 4 is 22.6 Å². The molecule has 0 spiro atoms. The molecule has 0 saturated heterocycles. The van der Waals surface area contributed by atoms with E-state index >= 15 is 0 Å². The molecule has 0 fully saturated rings. The predicted molar refractivity (Wildman–Crippen MR) is 100 cm³/mol. The Labute approximate surface area is 158 Å². The van der Waals surface area contributed by atoms with Crippen LogP contribution < -0.4 is 11.1 Å². The summed E-state index contributed by atoms with van der Waals surface area (Å²) in [5.74, 6) is -0.765. The van der Waals surface area contributed by atoms with Gasteiger partial charge in [-0.25, -0.2) is 9.48 Å². The van der Waals surface area contributed by atoms with E-state index in [4.69, 9.17) is 9.52 Å². The monoisotopic (exact) mass is 385 g/mol.